The number of halogens is 2. The van der Waals surface area contributed by atoms with Gasteiger partial charge in [-0.1, -0.05) is 22.0 Å². The Bertz CT molecular complexity index is 948. The van der Waals surface area contributed by atoms with Crippen molar-refractivity contribution in [2.75, 3.05) is 11.9 Å². The van der Waals surface area contributed by atoms with Gasteiger partial charge >= 0.3 is 0 Å². The molecule has 3 rings (SSSR count). The standard InChI is InChI=1S/C20H16BrFN2O2/c1-13-3-4-14(11-19(13)26-16-7-9-23-10-8-16)20(25)24(2)18-6-5-15(21)12-17(18)22/h3-12H,1-2H3. The number of nitrogens with zero attached hydrogens (tertiary/aromatic N) is 2. The molecule has 1 heterocycles. The van der Waals surface area contributed by atoms with Gasteiger partial charge in [0.1, 0.15) is 17.3 Å². The first kappa shape index (κ1) is 18.1. The highest BCUT2D eigenvalue weighted by Crippen LogP contribution is 2.28. The highest BCUT2D eigenvalue weighted by atomic mass is 79.9. The van der Waals surface area contributed by atoms with Gasteiger partial charge in [0.15, 0.2) is 0 Å². The van der Waals surface area contributed by atoms with E-state index < -0.39 is 5.82 Å². The second kappa shape index (κ2) is 7.66. The van der Waals surface area contributed by atoms with Crippen molar-refractivity contribution in [1.29, 1.82) is 0 Å². The maximum atomic E-state index is 14.2. The molecule has 1 amide bonds. The van der Waals surface area contributed by atoms with Gasteiger partial charge in [0.05, 0.1) is 5.69 Å². The van der Waals surface area contributed by atoms with Gasteiger partial charge < -0.3 is 9.64 Å². The summed E-state index contributed by atoms with van der Waals surface area (Å²) in [7, 11) is 1.54. The zero-order valence-electron chi connectivity index (χ0n) is 14.2. The molecule has 132 valence electrons. The number of aryl methyl sites for hydroxylation is 1. The summed E-state index contributed by atoms with van der Waals surface area (Å²) in [5.41, 5.74) is 1.50. The number of pyridine rings is 1. The first-order valence-corrected chi connectivity index (χ1v) is 8.66. The number of hydrogen-bond donors (Lipinski definition) is 0. The van der Waals surface area contributed by atoms with Crippen LogP contribution >= 0.6 is 15.9 Å². The Labute approximate surface area is 159 Å². The molecule has 0 N–H and O–H groups in total. The highest BCUT2D eigenvalue weighted by Gasteiger charge is 2.18. The number of hydrogen-bond acceptors (Lipinski definition) is 3. The van der Waals surface area contributed by atoms with Crippen LogP contribution in [0, 0.1) is 12.7 Å². The van der Waals surface area contributed by atoms with Crippen molar-refractivity contribution >= 4 is 27.5 Å². The molecule has 0 aliphatic rings. The van der Waals surface area contributed by atoms with E-state index in [4.69, 9.17) is 4.74 Å². The molecule has 0 fully saturated rings. The summed E-state index contributed by atoms with van der Waals surface area (Å²) < 4.78 is 20.6. The van der Waals surface area contributed by atoms with E-state index in [-0.39, 0.29) is 11.6 Å². The predicted octanol–water partition coefficient (Wildman–Crippen LogP) is 5.36. The monoisotopic (exact) mass is 414 g/mol. The predicted molar refractivity (Wildman–Crippen MR) is 102 cm³/mol. The van der Waals surface area contributed by atoms with Crippen LogP contribution < -0.4 is 9.64 Å². The van der Waals surface area contributed by atoms with Gasteiger partial charge in [0.25, 0.3) is 5.91 Å². The zero-order valence-corrected chi connectivity index (χ0v) is 15.8. The lowest BCUT2D eigenvalue weighted by atomic mass is 10.1. The van der Waals surface area contributed by atoms with Crippen LogP contribution in [-0.4, -0.2) is 17.9 Å². The van der Waals surface area contributed by atoms with E-state index in [2.05, 4.69) is 20.9 Å². The van der Waals surface area contributed by atoms with Gasteiger partial charge in [-0.3, -0.25) is 9.78 Å². The zero-order chi connectivity index (χ0) is 18.7. The first-order chi connectivity index (χ1) is 12.5. The number of benzene rings is 2. The molecule has 0 saturated carbocycles. The normalized spacial score (nSPS) is 10.5. The summed E-state index contributed by atoms with van der Waals surface area (Å²) in [6, 6.07) is 13.2. The van der Waals surface area contributed by atoms with Crippen LogP contribution in [0.4, 0.5) is 10.1 Å². The van der Waals surface area contributed by atoms with Crippen LogP contribution in [0.3, 0.4) is 0 Å². The summed E-state index contributed by atoms with van der Waals surface area (Å²) in [4.78, 5) is 18.0. The Hall–Kier alpha value is -2.73. The van der Waals surface area contributed by atoms with Crippen molar-refractivity contribution in [2.45, 2.75) is 6.92 Å². The van der Waals surface area contributed by atoms with Crippen LogP contribution in [0.2, 0.25) is 0 Å². The van der Waals surface area contributed by atoms with E-state index in [1.807, 2.05) is 6.92 Å². The van der Waals surface area contributed by atoms with E-state index in [9.17, 15) is 9.18 Å². The topological polar surface area (TPSA) is 42.4 Å². The molecular weight excluding hydrogens is 399 g/mol. The maximum Gasteiger partial charge on any atom is 0.258 e. The van der Waals surface area contributed by atoms with Crippen LogP contribution in [0.15, 0.2) is 65.4 Å². The Balaban J connectivity index is 1.88. The largest absolute Gasteiger partial charge is 0.457 e. The average molecular weight is 415 g/mol. The van der Waals surface area contributed by atoms with Gasteiger partial charge in [-0.15, -0.1) is 0 Å². The number of ether oxygens (including phenoxy) is 1. The lowest BCUT2D eigenvalue weighted by Gasteiger charge is -2.19. The van der Waals surface area contributed by atoms with Gasteiger partial charge in [0.2, 0.25) is 0 Å². The molecule has 4 nitrogen and oxygen atoms in total. The smallest absolute Gasteiger partial charge is 0.258 e. The Kier molecular flexibility index (Phi) is 5.32. The molecule has 0 aliphatic heterocycles. The maximum absolute atomic E-state index is 14.2. The van der Waals surface area contributed by atoms with Crippen molar-refractivity contribution in [1.82, 2.24) is 4.98 Å². The summed E-state index contributed by atoms with van der Waals surface area (Å²) in [5.74, 6) is 0.383. The van der Waals surface area contributed by atoms with Gasteiger partial charge in [-0.05, 0) is 55.0 Å². The number of rotatable bonds is 4. The Morgan fingerprint density at radius 2 is 1.85 bits per heavy atom. The molecule has 0 radical (unpaired) electrons. The Morgan fingerprint density at radius 3 is 2.54 bits per heavy atom. The molecule has 0 unspecified atom stereocenters. The fourth-order valence-corrected chi connectivity index (χ4v) is 2.77. The summed E-state index contributed by atoms with van der Waals surface area (Å²) in [5, 5.41) is 0. The van der Waals surface area contributed by atoms with Gasteiger partial charge in [-0.2, -0.15) is 0 Å². The summed E-state index contributed by atoms with van der Waals surface area (Å²) in [6.45, 7) is 1.89. The molecule has 0 atom stereocenters. The van der Waals surface area contributed by atoms with Crippen LogP contribution in [0.1, 0.15) is 15.9 Å². The molecule has 0 spiro atoms. The van der Waals surface area contributed by atoms with Crippen LogP contribution in [0.25, 0.3) is 0 Å². The van der Waals surface area contributed by atoms with Crippen molar-refractivity contribution in [3.63, 3.8) is 0 Å². The van der Waals surface area contributed by atoms with E-state index in [0.717, 1.165) is 5.56 Å². The molecule has 1 aromatic heterocycles. The minimum absolute atomic E-state index is 0.204. The average Bonchev–Trinajstić information content (AvgIpc) is 2.63. The molecule has 0 saturated heterocycles. The molecule has 6 heteroatoms. The SMILES string of the molecule is Cc1ccc(C(=O)N(C)c2ccc(Br)cc2F)cc1Oc1ccncc1. The lowest BCUT2D eigenvalue weighted by molar-refractivity contribution is 0.0992. The molecule has 26 heavy (non-hydrogen) atoms. The van der Waals surface area contributed by atoms with Crippen molar-refractivity contribution < 1.29 is 13.9 Å². The fourth-order valence-electron chi connectivity index (χ4n) is 2.43. The van der Waals surface area contributed by atoms with E-state index in [1.54, 1.807) is 54.9 Å². The molecule has 0 aliphatic carbocycles. The first-order valence-electron chi connectivity index (χ1n) is 7.87. The third-order valence-corrected chi connectivity index (χ3v) is 4.38. The van der Waals surface area contributed by atoms with Crippen LogP contribution in [-0.2, 0) is 0 Å². The minimum atomic E-state index is -0.476. The van der Waals surface area contributed by atoms with Crippen molar-refractivity contribution in [3.8, 4) is 11.5 Å². The quantitative estimate of drug-likeness (QED) is 0.576. The number of aromatic nitrogens is 1. The third-order valence-electron chi connectivity index (χ3n) is 3.89. The Morgan fingerprint density at radius 1 is 1.12 bits per heavy atom. The second-order valence-corrected chi connectivity index (χ2v) is 6.64. The minimum Gasteiger partial charge on any atom is -0.457 e. The highest BCUT2D eigenvalue weighted by molar-refractivity contribution is 9.10. The van der Waals surface area contributed by atoms with Crippen molar-refractivity contribution in [3.05, 3.63) is 82.3 Å². The van der Waals surface area contributed by atoms with Gasteiger partial charge in [-0.25, -0.2) is 4.39 Å². The fraction of sp³-hybridized carbons (Fsp3) is 0.100. The second-order valence-electron chi connectivity index (χ2n) is 5.73. The van der Waals surface area contributed by atoms with E-state index >= 15 is 0 Å². The summed E-state index contributed by atoms with van der Waals surface area (Å²) in [6.07, 6.45) is 3.26. The van der Waals surface area contributed by atoms with Gasteiger partial charge in [0, 0.05) is 29.5 Å². The summed E-state index contributed by atoms with van der Waals surface area (Å²) >= 11 is 3.21. The van der Waals surface area contributed by atoms with Crippen molar-refractivity contribution in [2.24, 2.45) is 0 Å². The number of amides is 1. The number of carbonyl (C=O) groups is 1. The molecule has 2 aromatic carbocycles. The molecule has 3 aromatic rings. The number of anilines is 1. The third kappa shape index (κ3) is 3.91. The molecular formula is C20H16BrFN2O2. The van der Waals surface area contributed by atoms with E-state index in [1.165, 1.54) is 18.0 Å². The molecule has 0 bridgehead atoms. The van der Waals surface area contributed by atoms with E-state index in [0.29, 0.717) is 21.5 Å². The van der Waals surface area contributed by atoms with Crippen LogP contribution in [0.5, 0.6) is 11.5 Å². The number of carbonyl (C=O) groups excluding carboxylic acids is 1. The lowest BCUT2D eigenvalue weighted by Crippen LogP contribution is -2.27.